The Labute approximate surface area is 150 Å². The van der Waals surface area contributed by atoms with Gasteiger partial charge in [0.05, 0.1) is 6.42 Å². The lowest BCUT2D eigenvalue weighted by Gasteiger charge is -2.38. The molecule has 0 saturated carbocycles. The first-order valence-electron chi connectivity index (χ1n) is 9.02. The molecule has 1 aliphatic rings. The molecule has 0 radical (unpaired) electrons. The molecular formula is C21H27N3O. The lowest BCUT2D eigenvalue weighted by atomic mass is 9.97. The number of hydrogen-bond donors (Lipinski definition) is 2. The Balaban J connectivity index is 1.47. The third kappa shape index (κ3) is 5.07. The molecule has 1 aliphatic heterocycles. The Morgan fingerprint density at radius 3 is 2.52 bits per heavy atom. The summed E-state index contributed by atoms with van der Waals surface area (Å²) < 4.78 is 0. The fraction of sp³-hybridized carbons (Fsp3) is 0.381. The molecule has 0 bridgehead atoms. The number of nitrogens with one attached hydrogen (secondary N) is 1. The monoisotopic (exact) mass is 337 g/mol. The fourth-order valence-electron chi connectivity index (χ4n) is 3.50. The molecular weight excluding hydrogens is 310 g/mol. The molecule has 4 nitrogen and oxygen atoms in total. The van der Waals surface area contributed by atoms with E-state index in [0.29, 0.717) is 12.5 Å². The number of benzene rings is 2. The van der Waals surface area contributed by atoms with Gasteiger partial charge in [-0.05, 0) is 43.0 Å². The zero-order valence-corrected chi connectivity index (χ0v) is 14.8. The topological polar surface area (TPSA) is 58.4 Å². The highest BCUT2D eigenvalue weighted by Gasteiger charge is 2.26. The smallest absolute Gasteiger partial charge is 0.224 e. The van der Waals surface area contributed by atoms with Crippen molar-refractivity contribution in [2.24, 2.45) is 0 Å². The number of nitrogen functional groups attached to an aromatic ring is 1. The molecule has 2 aromatic rings. The molecule has 25 heavy (non-hydrogen) atoms. The predicted molar refractivity (Wildman–Crippen MR) is 102 cm³/mol. The van der Waals surface area contributed by atoms with Crippen molar-refractivity contribution >= 4 is 11.6 Å². The number of carbonyl (C=O) groups excluding carboxylic acids is 1. The summed E-state index contributed by atoms with van der Waals surface area (Å²) in [7, 11) is 0. The molecule has 1 heterocycles. The summed E-state index contributed by atoms with van der Waals surface area (Å²) in [6, 6.07) is 18.8. The van der Waals surface area contributed by atoms with Crippen LogP contribution in [-0.4, -0.2) is 29.4 Å². The first-order valence-corrected chi connectivity index (χ1v) is 9.02. The molecule has 3 N–H and O–H groups in total. The Morgan fingerprint density at radius 1 is 1.12 bits per heavy atom. The van der Waals surface area contributed by atoms with E-state index in [1.807, 2.05) is 24.3 Å². The molecule has 2 aromatic carbocycles. The molecule has 0 spiro atoms. The van der Waals surface area contributed by atoms with E-state index in [0.717, 1.165) is 37.2 Å². The van der Waals surface area contributed by atoms with Crippen LogP contribution in [0.5, 0.6) is 0 Å². The Kier molecular flexibility index (Phi) is 5.71. The maximum Gasteiger partial charge on any atom is 0.224 e. The summed E-state index contributed by atoms with van der Waals surface area (Å²) in [4.78, 5) is 14.8. The third-order valence-electron chi connectivity index (χ3n) is 4.95. The SMILES string of the molecule is CC1CC(NC(=O)Cc2ccc(N)cc2)CCN1Cc1ccccc1. The molecule has 2 unspecified atom stereocenters. The van der Waals surface area contributed by atoms with Gasteiger partial charge in [0.2, 0.25) is 5.91 Å². The molecule has 2 atom stereocenters. The molecule has 1 amide bonds. The molecule has 4 heteroatoms. The number of carbonyl (C=O) groups is 1. The van der Waals surface area contributed by atoms with E-state index < -0.39 is 0 Å². The zero-order chi connectivity index (χ0) is 17.6. The minimum Gasteiger partial charge on any atom is -0.399 e. The van der Waals surface area contributed by atoms with Crippen LogP contribution in [0.2, 0.25) is 0 Å². The van der Waals surface area contributed by atoms with E-state index in [2.05, 4.69) is 47.5 Å². The summed E-state index contributed by atoms with van der Waals surface area (Å²) in [6.45, 7) is 4.25. The molecule has 1 saturated heterocycles. The van der Waals surface area contributed by atoms with Gasteiger partial charge in [-0.15, -0.1) is 0 Å². The maximum atomic E-state index is 12.3. The van der Waals surface area contributed by atoms with Gasteiger partial charge < -0.3 is 11.1 Å². The maximum absolute atomic E-state index is 12.3. The number of nitrogens with zero attached hydrogens (tertiary/aromatic N) is 1. The second-order valence-electron chi connectivity index (χ2n) is 7.01. The van der Waals surface area contributed by atoms with Gasteiger partial charge in [0.15, 0.2) is 0 Å². The largest absolute Gasteiger partial charge is 0.399 e. The summed E-state index contributed by atoms with van der Waals surface area (Å²) in [5.41, 5.74) is 8.76. The van der Waals surface area contributed by atoms with Crippen molar-refractivity contribution < 1.29 is 4.79 Å². The van der Waals surface area contributed by atoms with Crippen LogP contribution in [0, 0.1) is 0 Å². The van der Waals surface area contributed by atoms with Crippen molar-refractivity contribution in [2.45, 2.75) is 44.8 Å². The minimum absolute atomic E-state index is 0.0958. The predicted octanol–water partition coefficient (Wildman–Crippen LogP) is 2.98. The highest BCUT2D eigenvalue weighted by Crippen LogP contribution is 2.20. The molecule has 0 aliphatic carbocycles. The number of nitrogens with two attached hydrogens (primary N) is 1. The number of piperidine rings is 1. The van der Waals surface area contributed by atoms with Crippen LogP contribution < -0.4 is 11.1 Å². The lowest BCUT2D eigenvalue weighted by Crippen LogP contribution is -2.48. The first kappa shape index (κ1) is 17.5. The molecule has 1 fully saturated rings. The van der Waals surface area contributed by atoms with Crippen LogP contribution in [0.4, 0.5) is 5.69 Å². The van der Waals surface area contributed by atoms with Crippen molar-refractivity contribution in [1.82, 2.24) is 10.2 Å². The van der Waals surface area contributed by atoms with Crippen molar-refractivity contribution in [3.05, 3.63) is 65.7 Å². The molecule has 132 valence electrons. The summed E-state index contributed by atoms with van der Waals surface area (Å²) >= 11 is 0. The van der Waals surface area contributed by atoms with Crippen molar-refractivity contribution in [1.29, 1.82) is 0 Å². The van der Waals surface area contributed by atoms with E-state index in [1.54, 1.807) is 0 Å². The van der Waals surface area contributed by atoms with E-state index in [1.165, 1.54) is 5.56 Å². The minimum atomic E-state index is 0.0958. The Morgan fingerprint density at radius 2 is 1.84 bits per heavy atom. The zero-order valence-electron chi connectivity index (χ0n) is 14.8. The average Bonchev–Trinajstić information content (AvgIpc) is 2.60. The number of amides is 1. The quantitative estimate of drug-likeness (QED) is 0.825. The van der Waals surface area contributed by atoms with E-state index in [-0.39, 0.29) is 11.9 Å². The third-order valence-corrected chi connectivity index (χ3v) is 4.95. The van der Waals surface area contributed by atoms with Crippen LogP contribution in [-0.2, 0) is 17.8 Å². The molecule has 0 aromatic heterocycles. The summed E-state index contributed by atoms with van der Waals surface area (Å²) in [6.07, 6.45) is 2.42. The highest BCUT2D eigenvalue weighted by molar-refractivity contribution is 5.79. The van der Waals surface area contributed by atoms with E-state index >= 15 is 0 Å². The van der Waals surface area contributed by atoms with Gasteiger partial charge in [0.25, 0.3) is 0 Å². The van der Waals surface area contributed by atoms with Crippen molar-refractivity contribution in [2.75, 3.05) is 12.3 Å². The van der Waals surface area contributed by atoms with Gasteiger partial charge in [-0.3, -0.25) is 9.69 Å². The number of likely N-dealkylation sites (tertiary alicyclic amines) is 1. The second-order valence-corrected chi connectivity index (χ2v) is 7.01. The Hall–Kier alpha value is -2.33. The summed E-state index contributed by atoms with van der Waals surface area (Å²) in [5.74, 6) is 0.0958. The normalized spacial score (nSPS) is 21.0. The van der Waals surface area contributed by atoms with Gasteiger partial charge in [-0.1, -0.05) is 42.5 Å². The number of rotatable bonds is 5. The fourth-order valence-corrected chi connectivity index (χ4v) is 3.50. The molecule has 3 rings (SSSR count). The standard InChI is InChI=1S/C21H27N3O/c1-16-13-20(11-12-24(16)15-18-5-3-2-4-6-18)23-21(25)14-17-7-9-19(22)10-8-17/h2-10,16,20H,11-15,22H2,1H3,(H,23,25). The van der Waals surface area contributed by atoms with Crippen molar-refractivity contribution in [3.8, 4) is 0 Å². The van der Waals surface area contributed by atoms with Gasteiger partial charge in [-0.25, -0.2) is 0 Å². The van der Waals surface area contributed by atoms with Crippen LogP contribution in [0.1, 0.15) is 30.9 Å². The van der Waals surface area contributed by atoms with Crippen molar-refractivity contribution in [3.63, 3.8) is 0 Å². The second kappa shape index (κ2) is 8.17. The number of hydrogen-bond acceptors (Lipinski definition) is 3. The number of anilines is 1. The highest BCUT2D eigenvalue weighted by atomic mass is 16.1. The van der Waals surface area contributed by atoms with Crippen LogP contribution in [0.3, 0.4) is 0 Å². The summed E-state index contributed by atoms with van der Waals surface area (Å²) in [5, 5.41) is 3.20. The van der Waals surface area contributed by atoms with Gasteiger partial charge in [0.1, 0.15) is 0 Å². The van der Waals surface area contributed by atoms with Crippen LogP contribution in [0.15, 0.2) is 54.6 Å². The van der Waals surface area contributed by atoms with E-state index in [4.69, 9.17) is 5.73 Å². The van der Waals surface area contributed by atoms with Crippen LogP contribution in [0.25, 0.3) is 0 Å². The van der Waals surface area contributed by atoms with Gasteiger partial charge in [-0.2, -0.15) is 0 Å². The van der Waals surface area contributed by atoms with Gasteiger partial charge in [0, 0.05) is 30.9 Å². The first-order chi connectivity index (χ1) is 12.1. The van der Waals surface area contributed by atoms with Crippen LogP contribution >= 0.6 is 0 Å². The van der Waals surface area contributed by atoms with Gasteiger partial charge >= 0.3 is 0 Å². The average molecular weight is 337 g/mol. The lowest BCUT2D eigenvalue weighted by molar-refractivity contribution is -0.121. The van der Waals surface area contributed by atoms with E-state index in [9.17, 15) is 4.79 Å². The Bertz CT molecular complexity index is 684.